The van der Waals surface area contributed by atoms with Crippen LogP contribution in [0, 0.1) is 10.1 Å². The van der Waals surface area contributed by atoms with E-state index in [1.165, 1.54) is 18.2 Å². The number of phenols is 1. The number of non-ortho nitro benzene ring substituents is 1. The molecule has 0 aromatic heterocycles. The molecule has 0 saturated carbocycles. The Kier molecular flexibility index (Phi) is 5.29. The summed E-state index contributed by atoms with van der Waals surface area (Å²) in [4.78, 5) is 9.30. The van der Waals surface area contributed by atoms with Crippen molar-refractivity contribution in [1.82, 2.24) is 0 Å². The number of hydrogen-bond acceptors (Lipinski definition) is 7. The lowest BCUT2D eigenvalue weighted by atomic mass is 10.1. The Morgan fingerprint density at radius 1 is 0.962 bits per heavy atom. The van der Waals surface area contributed by atoms with E-state index in [0.29, 0.717) is 5.39 Å². The molecule has 9 nitrogen and oxygen atoms in total. The first kappa shape index (κ1) is 19.0. The fraction of sp³-hybridized carbons (Fsp3) is 0. The Labute approximate surface area is 148 Å². The van der Waals surface area contributed by atoms with E-state index < -0.39 is 15.0 Å². The van der Waals surface area contributed by atoms with Crippen molar-refractivity contribution in [2.24, 2.45) is 0 Å². The molecule has 0 aliphatic rings. The van der Waals surface area contributed by atoms with Gasteiger partial charge < -0.3 is 16.6 Å². The van der Waals surface area contributed by atoms with Crippen LogP contribution in [-0.2, 0) is 10.1 Å². The summed E-state index contributed by atoms with van der Waals surface area (Å²) in [7, 11) is -4.29. The Hall–Kier alpha value is -3.37. The van der Waals surface area contributed by atoms with Gasteiger partial charge in [-0.1, -0.05) is 30.3 Å². The smallest absolute Gasteiger partial charge is 0.297 e. The lowest BCUT2D eigenvalue weighted by Crippen LogP contribution is -2.03. The number of nitrogens with two attached hydrogens (primary N) is 2. The van der Waals surface area contributed by atoms with E-state index in [1.807, 2.05) is 0 Å². The summed E-state index contributed by atoms with van der Waals surface area (Å²) in [5, 5.41) is 20.2. The molecular weight excluding hydrogens is 362 g/mol. The Morgan fingerprint density at radius 2 is 1.58 bits per heavy atom. The number of nitrogen functional groups attached to an aromatic ring is 2. The Bertz CT molecular complexity index is 1080. The van der Waals surface area contributed by atoms with Gasteiger partial charge in [0, 0.05) is 11.5 Å². The van der Waals surface area contributed by atoms with Crippen molar-refractivity contribution in [3.8, 4) is 5.75 Å². The Balaban J connectivity index is 0.000000197. The quantitative estimate of drug-likeness (QED) is 0.173. The number of nitro benzene ring substituents is 1. The summed E-state index contributed by atoms with van der Waals surface area (Å²) in [5.74, 6) is -0.265. The van der Waals surface area contributed by atoms with Gasteiger partial charge >= 0.3 is 0 Å². The molecule has 0 bridgehead atoms. The number of phenolic OH excluding ortho intramolecular Hbond substituents is 1. The van der Waals surface area contributed by atoms with Gasteiger partial charge in [-0.25, -0.2) is 0 Å². The summed E-state index contributed by atoms with van der Waals surface area (Å²) in [6, 6.07) is 13.5. The van der Waals surface area contributed by atoms with E-state index in [4.69, 9.17) is 21.1 Å². The standard InChI is InChI=1S/C10H9NO3S.C6H6N2O3/c11-9-6-5-7-3-1-2-4-8(7)10(9)15(12,13)14;7-5-2-1-4(8(10)11)3-6(5)9/h1-6H,11H2,(H,12,13,14);1-3,9H,7H2. The predicted molar refractivity (Wildman–Crippen MR) is 97.3 cm³/mol. The highest BCUT2D eigenvalue weighted by atomic mass is 32.2. The van der Waals surface area contributed by atoms with E-state index in [0.717, 1.165) is 11.5 Å². The van der Waals surface area contributed by atoms with Gasteiger partial charge in [0.05, 0.1) is 22.4 Å². The average molecular weight is 377 g/mol. The largest absolute Gasteiger partial charge is 0.506 e. The van der Waals surface area contributed by atoms with E-state index in [1.54, 1.807) is 30.3 Å². The van der Waals surface area contributed by atoms with Crippen molar-refractivity contribution in [3.63, 3.8) is 0 Å². The number of nitrogens with zero attached hydrogens (tertiary/aromatic N) is 1. The second-order valence-electron chi connectivity index (χ2n) is 5.18. The molecule has 3 aromatic carbocycles. The molecule has 0 saturated heterocycles. The third-order valence-electron chi connectivity index (χ3n) is 3.39. The maximum absolute atomic E-state index is 11.1. The summed E-state index contributed by atoms with van der Waals surface area (Å²) in [5.41, 5.74) is 10.8. The number of benzene rings is 3. The van der Waals surface area contributed by atoms with Gasteiger partial charge in [0.2, 0.25) is 0 Å². The van der Waals surface area contributed by atoms with Crippen molar-refractivity contribution in [3.05, 3.63) is 64.7 Å². The van der Waals surface area contributed by atoms with E-state index >= 15 is 0 Å². The Morgan fingerprint density at radius 3 is 2.15 bits per heavy atom. The predicted octanol–water partition coefficient (Wildman–Crippen LogP) is 2.55. The zero-order valence-corrected chi connectivity index (χ0v) is 14.1. The maximum Gasteiger partial charge on any atom is 0.297 e. The van der Waals surface area contributed by atoms with Crippen LogP contribution < -0.4 is 11.5 Å². The SMILES string of the molecule is Nc1ccc([N+](=O)[O-])cc1O.Nc1ccc2ccccc2c1S(=O)(=O)O. The van der Waals surface area contributed by atoms with Gasteiger partial charge in [0.15, 0.2) is 0 Å². The van der Waals surface area contributed by atoms with Crippen LogP contribution in [0.25, 0.3) is 10.8 Å². The molecule has 10 heteroatoms. The van der Waals surface area contributed by atoms with Crippen LogP contribution in [0.2, 0.25) is 0 Å². The number of anilines is 2. The van der Waals surface area contributed by atoms with Gasteiger partial charge in [-0.2, -0.15) is 8.42 Å². The van der Waals surface area contributed by atoms with Crippen molar-refractivity contribution in [2.75, 3.05) is 11.5 Å². The first-order valence-corrected chi connectivity index (χ1v) is 8.53. The van der Waals surface area contributed by atoms with Crippen LogP contribution in [-0.4, -0.2) is 23.0 Å². The van der Waals surface area contributed by atoms with Gasteiger partial charge in [-0.3, -0.25) is 14.7 Å². The highest BCUT2D eigenvalue weighted by molar-refractivity contribution is 7.86. The van der Waals surface area contributed by atoms with Crippen molar-refractivity contribution >= 4 is 38.0 Å². The molecule has 0 radical (unpaired) electrons. The molecule has 0 aliphatic carbocycles. The van der Waals surface area contributed by atoms with E-state index in [9.17, 15) is 18.5 Å². The van der Waals surface area contributed by atoms with Crippen molar-refractivity contribution < 1.29 is 23.0 Å². The molecular formula is C16H15N3O6S. The minimum absolute atomic E-state index is 0.0520. The van der Waals surface area contributed by atoms with Crippen molar-refractivity contribution in [2.45, 2.75) is 4.90 Å². The second kappa shape index (κ2) is 7.25. The summed E-state index contributed by atoms with van der Waals surface area (Å²) >= 11 is 0. The van der Waals surface area contributed by atoms with Crippen LogP contribution in [0.15, 0.2) is 59.5 Å². The normalized spacial score (nSPS) is 10.8. The van der Waals surface area contributed by atoms with Crippen molar-refractivity contribution in [1.29, 1.82) is 0 Å². The first-order valence-electron chi connectivity index (χ1n) is 7.09. The van der Waals surface area contributed by atoms with Crippen LogP contribution in [0.3, 0.4) is 0 Å². The molecule has 136 valence electrons. The summed E-state index contributed by atoms with van der Waals surface area (Å²) < 4.78 is 31.3. The molecule has 0 heterocycles. The number of rotatable bonds is 2. The highest BCUT2D eigenvalue weighted by Crippen LogP contribution is 2.28. The summed E-state index contributed by atoms with van der Waals surface area (Å²) in [6.07, 6.45) is 0. The molecule has 3 rings (SSSR count). The van der Waals surface area contributed by atoms with Crippen LogP contribution in [0.1, 0.15) is 0 Å². The van der Waals surface area contributed by atoms with Gasteiger partial charge in [-0.15, -0.1) is 0 Å². The molecule has 26 heavy (non-hydrogen) atoms. The van der Waals surface area contributed by atoms with E-state index in [-0.39, 0.29) is 27.7 Å². The average Bonchev–Trinajstić information content (AvgIpc) is 2.56. The van der Waals surface area contributed by atoms with Crippen LogP contribution in [0.4, 0.5) is 17.1 Å². The minimum Gasteiger partial charge on any atom is -0.506 e. The number of hydrogen-bond donors (Lipinski definition) is 4. The number of nitro groups is 1. The molecule has 0 atom stereocenters. The second-order valence-corrected chi connectivity index (χ2v) is 6.54. The van der Waals surface area contributed by atoms with Crippen LogP contribution in [0.5, 0.6) is 5.75 Å². The summed E-state index contributed by atoms with van der Waals surface area (Å²) in [6.45, 7) is 0. The minimum atomic E-state index is -4.29. The van der Waals surface area contributed by atoms with Gasteiger partial charge in [-0.05, 0) is 17.5 Å². The molecule has 0 spiro atoms. The molecule has 0 unspecified atom stereocenters. The van der Waals surface area contributed by atoms with E-state index in [2.05, 4.69) is 0 Å². The fourth-order valence-corrected chi connectivity index (χ4v) is 3.02. The monoisotopic (exact) mass is 377 g/mol. The lowest BCUT2D eigenvalue weighted by molar-refractivity contribution is -0.384. The highest BCUT2D eigenvalue weighted by Gasteiger charge is 2.17. The van der Waals surface area contributed by atoms with Crippen LogP contribution >= 0.6 is 0 Å². The zero-order valence-electron chi connectivity index (χ0n) is 13.2. The fourth-order valence-electron chi connectivity index (χ4n) is 2.19. The molecule has 6 N–H and O–H groups in total. The third kappa shape index (κ3) is 4.18. The van der Waals surface area contributed by atoms with Gasteiger partial charge in [0.1, 0.15) is 10.6 Å². The molecule has 3 aromatic rings. The first-order chi connectivity index (χ1) is 12.1. The third-order valence-corrected chi connectivity index (χ3v) is 4.36. The number of fused-ring (bicyclic) bond motifs is 1. The van der Waals surface area contributed by atoms with Gasteiger partial charge in [0.25, 0.3) is 15.8 Å². The topological polar surface area (TPSA) is 170 Å². The molecule has 0 aliphatic heterocycles. The number of aromatic hydroxyl groups is 1. The zero-order chi connectivity index (χ0) is 19.5. The maximum atomic E-state index is 11.1. The molecule has 0 amide bonds. The lowest BCUT2D eigenvalue weighted by Gasteiger charge is -2.06. The molecule has 0 fully saturated rings.